The van der Waals surface area contributed by atoms with E-state index in [2.05, 4.69) is 36.9 Å². The van der Waals surface area contributed by atoms with Gasteiger partial charge < -0.3 is 14.1 Å². The van der Waals surface area contributed by atoms with Crippen LogP contribution in [0.4, 0.5) is 27.6 Å². The van der Waals surface area contributed by atoms with Crippen molar-refractivity contribution in [2.45, 2.75) is 46.1 Å². The lowest BCUT2D eigenvalue weighted by Gasteiger charge is -2.24. The first-order valence-corrected chi connectivity index (χ1v) is 16.1. The van der Waals surface area contributed by atoms with Crippen LogP contribution in [0.1, 0.15) is 55.5 Å². The van der Waals surface area contributed by atoms with Crippen LogP contribution in [0.3, 0.4) is 0 Å². The highest BCUT2D eigenvalue weighted by atomic mass is 19.2. The van der Waals surface area contributed by atoms with Crippen LogP contribution in [0.2, 0.25) is 0 Å². The van der Waals surface area contributed by atoms with Gasteiger partial charge in [-0.05, 0) is 48.6 Å². The van der Waals surface area contributed by atoms with Gasteiger partial charge in [0, 0.05) is 41.0 Å². The first-order chi connectivity index (χ1) is 23.7. The predicted molar refractivity (Wildman–Crippen MR) is 179 cm³/mol. The molecule has 0 saturated carbocycles. The first kappa shape index (κ1) is 32.2. The van der Waals surface area contributed by atoms with Crippen molar-refractivity contribution < 1.29 is 35.9 Å². The van der Waals surface area contributed by atoms with Crippen LogP contribution in [-0.2, 0) is 11.3 Å². The summed E-state index contributed by atoms with van der Waals surface area (Å²) in [5.74, 6) is -11.7. The lowest BCUT2D eigenvalue weighted by atomic mass is 10.0. The Morgan fingerprint density at radius 2 is 1.39 bits per heavy atom. The van der Waals surface area contributed by atoms with Crippen molar-refractivity contribution in [3.8, 4) is 0 Å². The van der Waals surface area contributed by atoms with E-state index in [4.69, 9.17) is 19.1 Å². The number of unbranched alkanes of at least 4 members (excludes halogenated alkanes) is 2. The van der Waals surface area contributed by atoms with Crippen LogP contribution in [0.15, 0.2) is 65.1 Å². The Kier molecular flexibility index (Phi) is 8.52. The minimum atomic E-state index is -2.29. The molecule has 0 aliphatic heterocycles. The van der Waals surface area contributed by atoms with Crippen LogP contribution in [0.25, 0.3) is 54.8 Å². The van der Waals surface area contributed by atoms with Gasteiger partial charge in [-0.2, -0.15) is 0 Å². The zero-order valence-corrected chi connectivity index (χ0v) is 26.7. The molecule has 0 unspecified atom stereocenters. The van der Waals surface area contributed by atoms with Gasteiger partial charge in [-0.1, -0.05) is 51.0 Å². The molecule has 0 aliphatic rings. The number of fused-ring (bicyclic) bond motifs is 9. The van der Waals surface area contributed by atoms with Crippen molar-refractivity contribution in [2.24, 2.45) is 0 Å². The second-order valence-electron chi connectivity index (χ2n) is 12.0. The topological polar surface area (TPSA) is 68.5 Å². The van der Waals surface area contributed by atoms with Crippen LogP contribution in [0, 0.1) is 29.1 Å². The van der Waals surface area contributed by atoms with E-state index in [-0.39, 0.29) is 5.56 Å². The number of aromatic nitrogens is 2. The Bertz CT molecular complexity index is 2390. The highest BCUT2D eigenvalue weighted by molar-refractivity contribution is 6.29. The van der Waals surface area contributed by atoms with Crippen LogP contribution in [-0.4, -0.2) is 29.0 Å². The van der Waals surface area contributed by atoms with E-state index < -0.39 is 47.2 Å². The Morgan fingerprint density at radius 1 is 0.735 bits per heavy atom. The fourth-order valence-corrected chi connectivity index (χ4v) is 6.22. The molecular formula is C38H30F5N3O3. The van der Waals surface area contributed by atoms with E-state index in [1.54, 1.807) is 0 Å². The molecule has 0 N–H and O–H groups in total. The van der Waals surface area contributed by atoms with Crippen LogP contribution >= 0.6 is 0 Å². The van der Waals surface area contributed by atoms with Gasteiger partial charge >= 0.3 is 5.97 Å². The summed E-state index contributed by atoms with van der Waals surface area (Å²) in [7, 11) is 0. The number of esters is 1. The molecule has 0 radical (unpaired) electrons. The molecule has 49 heavy (non-hydrogen) atoms. The molecule has 5 aromatic carbocycles. The van der Waals surface area contributed by atoms with E-state index >= 15 is 0 Å². The van der Waals surface area contributed by atoms with E-state index in [1.165, 1.54) is 18.2 Å². The van der Waals surface area contributed by atoms with Gasteiger partial charge in [0.05, 0.1) is 22.2 Å². The number of ether oxygens (including phenoxy) is 1. The number of hydrogen-bond donors (Lipinski definition) is 0. The molecule has 0 atom stereocenters. The van der Waals surface area contributed by atoms with E-state index in [9.17, 15) is 26.7 Å². The van der Waals surface area contributed by atoms with Gasteiger partial charge in [-0.3, -0.25) is 0 Å². The Balaban J connectivity index is 1.30. The number of hydrogen-bond acceptors (Lipinski definition) is 6. The number of halogens is 5. The summed E-state index contributed by atoms with van der Waals surface area (Å²) in [6, 6.07) is 18.4. The van der Waals surface area contributed by atoms with Gasteiger partial charge in [0.15, 0.2) is 28.9 Å². The molecule has 0 saturated heterocycles. The number of carbonyl (C=O) groups is 1. The summed E-state index contributed by atoms with van der Waals surface area (Å²) in [6.07, 6.45) is 4.37. The number of anilines is 1. The largest absolute Gasteiger partial charge is 0.457 e. The van der Waals surface area contributed by atoms with Gasteiger partial charge in [0.25, 0.3) is 0 Å². The van der Waals surface area contributed by atoms with Crippen LogP contribution in [0.5, 0.6) is 0 Å². The maximum Gasteiger partial charge on any atom is 0.338 e. The average Bonchev–Trinajstić information content (AvgIpc) is 3.51. The quantitative estimate of drug-likeness (QED) is 0.0360. The van der Waals surface area contributed by atoms with Crippen LogP contribution < -0.4 is 4.90 Å². The monoisotopic (exact) mass is 671 g/mol. The molecule has 0 bridgehead atoms. The third-order valence-electron chi connectivity index (χ3n) is 8.82. The highest BCUT2D eigenvalue weighted by Crippen LogP contribution is 2.41. The number of nitrogens with zero attached hydrogens (tertiary/aromatic N) is 3. The molecule has 250 valence electrons. The fraction of sp³-hybridized carbons (Fsp3) is 0.237. The maximum atomic E-state index is 14.1. The summed E-state index contributed by atoms with van der Waals surface area (Å²) in [5.41, 5.74) is 2.94. The first-order valence-electron chi connectivity index (χ1n) is 16.1. The second-order valence-corrected chi connectivity index (χ2v) is 12.0. The second kappa shape index (κ2) is 12.9. The SMILES string of the molecule is CCCCN(CCCC)c1ccc2c(c1)oc1c3nc4ccc(C(=O)OCc5c(F)c(F)c(F)c(F)c5F)cc4nc3c3ccccc3c21. The lowest BCUT2D eigenvalue weighted by molar-refractivity contribution is 0.0462. The Hall–Kier alpha value is -5.32. The summed E-state index contributed by atoms with van der Waals surface area (Å²) in [6.45, 7) is 5.11. The van der Waals surface area contributed by atoms with Gasteiger partial charge in [0.2, 0.25) is 5.82 Å². The van der Waals surface area contributed by atoms with Crippen molar-refractivity contribution in [2.75, 3.05) is 18.0 Å². The lowest BCUT2D eigenvalue weighted by Crippen LogP contribution is -2.25. The van der Waals surface area contributed by atoms with Gasteiger partial charge in [-0.25, -0.2) is 36.7 Å². The molecule has 2 heterocycles. The molecule has 7 aromatic rings. The Morgan fingerprint density at radius 3 is 2.08 bits per heavy atom. The summed E-state index contributed by atoms with van der Waals surface area (Å²) in [4.78, 5) is 25.0. The standard InChI is InChI=1S/C38H30F5N3O3/c1-3-5-15-46(16-6-4-2)21-12-13-24-28(18-21)49-37-29(24)22-9-7-8-10-23(22)35-36(37)44-26-14-11-20(17-27(26)45-35)38(47)48-19-25-30(39)32(41)34(43)33(42)31(25)40/h7-14,17-18H,3-6,15-16,19H2,1-2H3. The normalized spacial score (nSPS) is 11.8. The molecule has 7 rings (SSSR count). The minimum absolute atomic E-state index is 0.0534. The van der Waals surface area contributed by atoms with Crippen molar-refractivity contribution in [1.82, 2.24) is 9.97 Å². The predicted octanol–water partition coefficient (Wildman–Crippen LogP) is 10.3. The number of carbonyl (C=O) groups excluding carboxylic acids is 1. The van der Waals surface area contributed by atoms with Gasteiger partial charge in [0.1, 0.15) is 23.2 Å². The Labute approximate surface area is 277 Å². The number of rotatable bonds is 10. The smallest absolute Gasteiger partial charge is 0.338 e. The third-order valence-corrected chi connectivity index (χ3v) is 8.82. The zero-order valence-electron chi connectivity index (χ0n) is 26.7. The molecule has 0 aliphatic carbocycles. The van der Waals surface area contributed by atoms with Crippen molar-refractivity contribution >= 4 is 66.4 Å². The molecule has 0 amide bonds. The fourth-order valence-electron chi connectivity index (χ4n) is 6.22. The molecular weight excluding hydrogens is 641 g/mol. The highest BCUT2D eigenvalue weighted by Gasteiger charge is 2.27. The maximum absolute atomic E-state index is 14.1. The number of benzene rings is 5. The molecule has 0 spiro atoms. The van der Waals surface area contributed by atoms with Crippen molar-refractivity contribution in [3.63, 3.8) is 0 Å². The van der Waals surface area contributed by atoms with Crippen molar-refractivity contribution in [3.05, 3.63) is 101 Å². The number of furan rings is 1. The molecule has 11 heteroatoms. The molecule has 6 nitrogen and oxygen atoms in total. The van der Waals surface area contributed by atoms with Crippen molar-refractivity contribution in [1.29, 1.82) is 0 Å². The summed E-state index contributed by atoms with van der Waals surface area (Å²) < 4.78 is 80.4. The molecule has 2 aromatic heterocycles. The van der Waals surface area contributed by atoms with E-state index in [0.29, 0.717) is 27.6 Å². The minimum Gasteiger partial charge on any atom is -0.457 e. The van der Waals surface area contributed by atoms with E-state index in [1.807, 2.05) is 24.3 Å². The third kappa shape index (κ3) is 5.56. The summed E-state index contributed by atoms with van der Waals surface area (Å²) >= 11 is 0. The molecule has 0 fully saturated rings. The van der Waals surface area contributed by atoms with E-state index in [0.717, 1.165) is 71.6 Å². The average molecular weight is 672 g/mol. The zero-order chi connectivity index (χ0) is 34.4. The van der Waals surface area contributed by atoms with Gasteiger partial charge in [-0.15, -0.1) is 0 Å². The summed E-state index contributed by atoms with van der Waals surface area (Å²) in [5, 5.41) is 3.60.